The van der Waals surface area contributed by atoms with Crippen LogP contribution in [0.2, 0.25) is 0 Å². The molecule has 6 heteroatoms. The number of likely N-dealkylation sites (tertiary alicyclic amines) is 1. The van der Waals surface area contributed by atoms with Crippen molar-refractivity contribution in [3.63, 3.8) is 0 Å². The van der Waals surface area contributed by atoms with E-state index in [1.54, 1.807) is 25.9 Å². The third-order valence-electron chi connectivity index (χ3n) is 6.70. The Labute approximate surface area is 180 Å². The van der Waals surface area contributed by atoms with Gasteiger partial charge in [0.05, 0.1) is 12.0 Å². The molecule has 2 aliphatic rings. The normalized spacial score (nSPS) is 23.9. The number of likely N-dealkylation sites (N-methyl/N-ethyl adjacent to an activating group) is 1. The molecular weight excluding hydrogens is 380 g/mol. The van der Waals surface area contributed by atoms with Crippen molar-refractivity contribution in [2.24, 2.45) is 5.41 Å². The zero-order valence-corrected chi connectivity index (χ0v) is 18.9. The van der Waals surface area contributed by atoms with Crippen molar-refractivity contribution in [3.8, 4) is 5.75 Å². The van der Waals surface area contributed by atoms with Crippen molar-refractivity contribution in [2.75, 3.05) is 40.4 Å². The highest BCUT2D eigenvalue weighted by Crippen LogP contribution is 2.38. The molecule has 1 spiro atoms. The number of amides is 2. The maximum atomic E-state index is 13.6. The van der Waals surface area contributed by atoms with Crippen LogP contribution in [0.5, 0.6) is 5.75 Å². The molecule has 1 unspecified atom stereocenters. The SMILES string of the molecule is COC(C)(C)C(=O)N1CCCC2(CCCCc3ccccc3OCCN(C)C2=O)C1. The lowest BCUT2D eigenvalue weighted by Crippen LogP contribution is -2.57. The molecule has 3 rings (SSSR count). The molecule has 2 aliphatic heterocycles. The Kier molecular flexibility index (Phi) is 7.06. The van der Waals surface area contributed by atoms with E-state index in [1.165, 1.54) is 5.56 Å². The average molecular weight is 417 g/mol. The second-order valence-corrected chi connectivity index (χ2v) is 9.22. The van der Waals surface area contributed by atoms with Crippen molar-refractivity contribution in [1.82, 2.24) is 9.80 Å². The van der Waals surface area contributed by atoms with E-state index in [0.29, 0.717) is 26.2 Å². The van der Waals surface area contributed by atoms with Gasteiger partial charge in [0.25, 0.3) is 5.91 Å². The Bertz CT molecular complexity index is 763. The summed E-state index contributed by atoms with van der Waals surface area (Å²) in [4.78, 5) is 30.2. The number of rotatable bonds is 2. The highest BCUT2D eigenvalue weighted by atomic mass is 16.5. The summed E-state index contributed by atoms with van der Waals surface area (Å²) in [5.41, 5.74) is -0.176. The van der Waals surface area contributed by atoms with Crippen LogP contribution < -0.4 is 4.74 Å². The Morgan fingerprint density at radius 2 is 1.87 bits per heavy atom. The summed E-state index contributed by atoms with van der Waals surface area (Å²) in [6.45, 7) is 5.74. The van der Waals surface area contributed by atoms with Gasteiger partial charge >= 0.3 is 0 Å². The Hall–Kier alpha value is -2.08. The fraction of sp³-hybridized carbons (Fsp3) is 0.667. The smallest absolute Gasteiger partial charge is 0.254 e. The number of fused-ring (bicyclic) bond motifs is 1. The molecule has 1 aromatic rings. The molecule has 2 amide bonds. The van der Waals surface area contributed by atoms with Crippen LogP contribution in [-0.4, -0.2) is 67.6 Å². The second-order valence-electron chi connectivity index (χ2n) is 9.22. The van der Waals surface area contributed by atoms with E-state index >= 15 is 0 Å². The summed E-state index contributed by atoms with van der Waals surface area (Å²) in [7, 11) is 3.41. The monoisotopic (exact) mass is 416 g/mol. The minimum Gasteiger partial charge on any atom is -0.491 e. The maximum Gasteiger partial charge on any atom is 0.254 e. The molecule has 1 saturated heterocycles. The van der Waals surface area contributed by atoms with E-state index in [1.807, 2.05) is 30.1 Å². The number of piperidine rings is 1. The molecular formula is C24H36N2O4. The number of nitrogens with zero attached hydrogens (tertiary/aromatic N) is 2. The summed E-state index contributed by atoms with van der Waals surface area (Å²) in [5, 5.41) is 0. The van der Waals surface area contributed by atoms with Crippen LogP contribution in [0.1, 0.15) is 51.5 Å². The van der Waals surface area contributed by atoms with Gasteiger partial charge in [0.15, 0.2) is 0 Å². The van der Waals surface area contributed by atoms with Gasteiger partial charge in [0, 0.05) is 27.2 Å². The van der Waals surface area contributed by atoms with Gasteiger partial charge in [0.2, 0.25) is 5.91 Å². The number of ether oxygens (including phenoxy) is 2. The first-order valence-electron chi connectivity index (χ1n) is 11.1. The lowest BCUT2D eigenvalue weighted by Gasteiger charge is -2.45. The Balaban J connectivity index is 1.80. The van der Waals surface area contributed by atoms with Crippen molar-refractivity contribution in [2.45, 2.75) is 58.0 Å². The molecule has 0 aromatic heterocycles. The molecule has 166 valence electrons. The highest BCUT2D eigenvalue weighted by Gasteiger charge is 2.46. The number of methoxy groups -OCH3 is 1. The quantitative estimate of drug-likeness (QED) is 0.742. The molecule has 0 bridgehead atoms. The number of carbonyl (C=O) groups is 2. The zero-order chi connectivity index (χ0) is 21.8. The molecule has 0 radical (unpaired) electrons. The predicted octanol–water partition coefficient (Wildman–Crippen LogP) is 3.28. The van der Waals surface area contributed by atoms with Crippen LogP contribution in [0.3, 0.4) is 0 Å². The van der Waals surface area contributed by atoms with Crippen molar-refractivity contribution in [3.05, 3.63) is 29.8 Å². The van der Waals surface area contributed by atoms with Gasteiger partial charge in [-0.25, -0.2) is 0 Å². The fourth-order valence-electron chi connectivity index (χ4n) is 4.69. The van der Waals surface area contributed by atoms with Gasteiger partial charge in [-0.3, -0.25) is 9.59 Å². The van der Waals surface area contributed by atoms with Crippen molar-refractivity contribution >= 4 is 11.8 Å². The third-order valence-corrected chi connectivity index (χ3v) is 6.70. The van der Waals surface area contributed by atoms with Crippen LogP contribution in [0.4, 0.5) is 0 Å². The summed E-state index contributed by atoms with van der Waals surface area (Å²) in [6, 6.07) is 8.17. The maximum absolute atomic E-state index is 13.6. The van der Waals surface area contributed by atoms with Crippen molar-refractivity contribution in [1.29, 1.82) is 0 Å². The number of benzene rings is 1. The molecule has 2 heterocycles. The molecule has 0 N–H and O–H groups in total. The Morgan fingerprint density at radius 1 is 1.13 bits per heavy atom. The molecule has 1 atom stereocenters. The number of carbonyl (C=O) groups excluding carboxylic acids is 2. The lowest BCUT2D eigenvalue weighted by molar-refractivity contribution is -0.159. The third kappa shape index (κ3) is 4.80. The van der Waals surface area contributed by atoms with Gasteiger partial charge in [-0.1, -0.05) is 24.6 Å². The highest BCUT2D eigenvalue weighted by molar-refractivity contribution is 5.87. The number of aryl methyl sites for hydroxylation is 1. The summed E-state index contributed by atoms with van der Waals surface area (Å²) < 4.78 is 11.4. The number of hydrogen-bond donors (Lipinski definition) is 0. The molecule has 0 aliphatic carbocycles. The first-order valence-corrected chi connectivity index (χ1v) is 11.1. The van der Waals surface area contributed by atoms with E-state index in [9.17, 15) is 9.59 Å². The molecule has 1 fully saturated rings. The van der Waals surface area contributed by atoms with Gasteiger partial charge < -0.3 is 19.3 Å². The summed E-state index contributed by atoms with van der Waals surface area (Å²) in [6.07, 6.45) is 5.35. The number of hydrogen-bond acceptors (Lipinski definition) is 4. The van der Waals surface area contributed by atoms with Crippen LogP contribution in [0.25, 0.3) is 0 Å². The van der Waals surface area contributed by atoms with Gasteiger partial charge in [-0.05, 0) is 57.6 Å². The van der Waals surface area contributed by atoms with Crippen LogP contribution >= 0.6 is 0 Å². The minimum absolute atomic E-state index is 0.0390. The van der Waals surface area contributed by atoms with Crippen molar-refractivity contribution < 1.29 is 19.1 Å². The predicted molar refractivity (Wildman–Crippen MR) is 116 cm³/mol. The second kappa shape index (κ2) is 9.38. The minimum atomic E-state index is -0.879. The molecule has 6 nitrogen and oxygen atoms in total. The molecule has 30 heavy (non-hydrogen) atoms. The van der Waals surface area contributed by atoms with Crippen LogP contribution in [0, 0.1) is 5.41 Å². The number of para-hydroxylation sites is 1. The van der Waals surface area contributed by atoms with E-state index in [0.717, 1.165) is 44.3 Å². The van der Waals surface area contributed by atoms with Crippen LogP contribution in [0.15, 0.2) is 24.3 Å². The standard InChI is InChI=1S/C24H36N2O4/c1-23(2,29-4)21(27)26-15-9-14-24(18-26)13-8-7-11-19-10-5-6-12-20(19)30-17-16-25(3)22(24)28/h5-6,10,12H,7-9,11,13-18H2,1-4H3. The topological polar surface area (TPSA) is 59.1 Å². The van der Waals surface area contributed by atoms with E-state index in [4.69, 9.17) is 9.47 Å². The average Bonchev–Trinajstić information content (AvgIpc) is 2.76. The Morgan fingerprint density at radius 3 is 2.63 bits per heavy atom. The van der Waals surface area contributed by atoms with Gasteiger partial charge in [0.1, 0.15) is 18.0 Å². The largest absolute Gasteiger partial charge is 0.491 e. The molecule has 0 saturated carbocycles. The van der Waals surface area contributed by atoms with Crippen LogP contribution in [-0.2, 0) is 20.7 Å². The lowest BCUT2D eigenvalue weighted by atomic mass is 9.74. The summed E-state index contributed by atoms with van der Waals surface area (Å²) in [5.74, 6) is 1.01. The fourth-order valence-corrected chi connectivity index (χ4v) is 4.69. The van der Waals surface area contributed by atoms with Gasteiger partial charge in [-0.2, -0.15) is 0 Å². The molecule has 1 aromatic carbocycles. The van der Waals surface area contributed by atoms with E-state index in [2.05, 4.69) is 6.07 Å². The first kappa shape index (κ1) is 22.6. The summed E-state index contributed by atoms with van der Waals surface area (Å²) >= 11 is 0. The zero-order valence-electron chi connectivity index (χ0n) is 18.9. The van der Waals surface area contributed by atoms with Gasteiger partial charge in [-0.15, -0.1) is 0 Å². The first-order chi connectivity index (χ1) is 14.3. The van der Waals surface area contributed by atoms with E-state index < -0.39 is 11.0 Å². The van der Waals surface area contributed by atoms with E-state index in [-0.39, 0.29) is 11.8 Å².